The van der Waals surface area contributed by atoms with Gasteiger partial charge in [-0.05, 0) is 98.0 Å². The van der Waals surface area contributed by atoms with E-state index in [0.29, 0.717) is 22.4 Å². The number of amides is 1. The predicted molar refractivity (Wildman–Crippen MR) is 119 cm³/mol. The molecule has 0 saturated heterocycles. The SMILES string of the molecule is CCC(NC(=O)c1ccc(Cl)cc1)C1CCC(c2ccnc3ccc(F)cc23)CC1. The van der Waals surface area contributed by atoms with Crippen LogP contribution in [0.1, 0.15) is 60.9 Å². The van der Waals surface area contributed by atoms with Crippen LogP contribution in [0.4, 0.5) is 4.39 Å². The maximum absolute atomic E-state index is 13.8. The summed E-state index contributed by atoms with van der Waals surface area (Å²) in [5.74, 6) is 0.586. The smallest absolute Gasteiger partial charge is 0.251 e. The van der Waals surface area contributed by atoms with Gasteiger partial charge in [-0.15, -0.1) is 0 Å². The lowest BCUT2D eigenvalue weighted by Gasteiger charge is -2.34. The number of benzene rings is 2. The normalized spacial score (nSPS) is 20.1. The molecular weight excluding hydrogens is 399 g/mol. The van der Waals surface area contributed by atoms with E-state index in [2.05, 4.69) is 17.2 Å². The Kier molecular flexibility index (Phi) is 6.33. The average molecular weight is 425 g/mol. The van der Waals surface area contributed by atoms with E-state index >= 15 is 0 Å². The molecular formula is C25H26ClFN2O. The molecule has 1 aliphatic carbocycles. The molecule has 3 nitrogen and oxygen atoms in total. The number of aromatic nitrogens is 1. The number of hydrogen-bond acceptors (Lipinski definition) is 2. The Balaban J connectivity index is 1.43. The van der Waals surface area contributed by atoms with Crippen LogP contribution in [0.3, 0.4) is 0 Å². The van der Waals surface area contributed by atoms with Crippen LogP contribution in [0, 0.1) is 11.7 Å². The second kappa shape index (κ2) is 9.13. The van der Waals surface area contributed by atoms with Crippen LogP contribution in [-0.2, 0) is 0 Å². The minimum atomic E-state index is -0.221. The second-order valence-corrected chi connectivity index (χ2v) is 8.60. The van der Waals surface area contributed by atoms with Crippen molar-refractivity contribution in [1.29, 1.82) is 0 Å². The topological polar surface area (TPSA) is 42.0 Å². The maximum atomic E-state index is 13.8. The van der Waals surface area contributed by atoms with Crippen molar-refractivity contribution in [1.82, 2.24) is 10.3 Å². The Labute approximate surface area is 181 Å². The average Bonchev–Trinajstić information content (AvgIpc) is 2.77. The fraction of sp³-hybridized carbons (Fsp3) is 0.360. The van der Waals surface area contributed by atoms with Crippen LogP contribution >= 0.6 is 11.6 Å². The number of fused-ring (bicyclic) bond motifs is 1. The monoisotopic (exact) mass is 424 g/mol. The lowest BCUT2D eigenvalue weighted by atomic mass is 9.75. The molecule has 1 N–H and O–H groups in total. The lowest BCUT2D eigenvalue weighted by Crippen LogP contribution is -2.41. The van der Waals surface area contributed by atoms with E-state index in [1.165, 1.54) is 11.6 Å². The molecule has 30 heavy (non-hydrogen) atoms. The third-order valence-electron chi connectivity index (χ3n) is 6.38. The van der Waals surface area contributed by atoms with E-state index in [9.17, 15) is 9.18 Å². The van der Waals surface area contributed by atoms with Crippen molar-refractivity contribution in [3.63, 3.8) is 0 Å². The first kappa shape index (κ1) is 20.8. The Bertz CT molecular complexity index is 1030. The molecule has 5 heteroatoms. The fourth-order valence-corrected chi connectivity index (χ4v) is 4.86. The van der Waals surface area contributed by atoms with Crippen LogP contribution in [-0.4, -0.2) is 16.9 Å². The highest BCUT2D eigenvalue weighted by Crippen LogP contribution is 2.39. The van der Waals surface area contributed by atoms with Gasteiger partial charge in [-0.2, -0.15) is 0 Å². The van der Waals surface area contributed by atoms with Crippen molar-refractivity contribution in [3.05, 3.63) is 76.7 Å². The highest BCUT2D eigenvalue weighted by atomic mass is 35.5. The first-order valence-electron chi connectivity index (χ1n) is 10.7. The largest absolute Gasteiger partial charge is 0.349 e. The predicted octanol–water partition coefficient (Wildman–Crippen LogP) is 6.51. The highest BCUT2D eigenvalue weighted by molar-refractivity contribution is 6.30. The van der Waals surface area contributed by atoms with Gasteiger partial charge in [0.15, 0.2) is 0 Å². The summed E-state index contributed by atoms with van der Waals surface area (Å²) in [6, 6.07) is 14.0. The Morgan fingerprint density at radius 3 is 2.57 bits per heavy atom. The van der Waals surface area contributed by atoms with Crippen LogP contribution < -0.4 is 5.32 Å². The number of pyridine rings is 1. The third-order valence-corrected chi connectivity index (χ3v) is 6.63. The Hall–Kier alpha value is -2.46. The van der Waals surface area contributed by atoms with Crippen LogP contribution in [0.2, 0.25) is 5.02 Å². The number of carbonyl (C=O) groups excluding carboxylic acids is 1. The van der Waals surface area contributed by atoms with Gasteiger partial charge in [-0.3, -0.25) is 9.78 Å². The Morgan fingerprint density at radius 1 is 1.13 bits per heavy atom. The van der Waals surface area contributed by atoms with Gasteiger partial charge in [0, 0.05) is 28.2 Å². The van der Waals surface area contributed by atoms with Gasteiger partial charge >= 0.3 is 0 Å². The van der Waals surface area contributed by atoms with Crippen molar-refractivity contribution >= 4 is 28.4 Å². The molecule has 1 aliphatic rings. The lowest BCUT2D eigenvalue weighted by molar-refractivity contribution is 0.0909. The molecule has 1 aromatic heterocycles. The fourth-order valence-electron chi connectivity index (χ4n) is 4.73. The van der Waals surface area contributed by atoms with E-state index < -0.39 is 0 Å². The quantitative estimate of drug-likeness (QED) is 0.507. The molecule has 0 spiro atoms. The summed E-state index contributed by atoms with van der Waals surface area (Å²) in [7, 11) is 0. The van der Waals surface area contributed by atoms with Gasteiger partial charge in [-0.25, -0.2) is 4.39 Å². The molecule has 0 aliphatic heterocycles. The molecule has 1 heterocycles. The summed E-state index contributed by atoms with van der Waals surface area (Å²) in [6.45, 7) is 2.12. The zero-order valence-corrected chi connectivity index (χ0v) is 17.8. The number of carbonyl (C=O) groups is 1. The minimum Gasteiger partial charge on any atom is -0.349 e. The third kappa shape index (κ3) is 4.49. The summed E-state index contributed by atoms with van der Waals surface area (Å²) in [4.78, 5) is 17.0. The second-order valence-electron chi connectivity index (χ2n) is 8.17. The summed E-state index contributed by atoms with van der Waals surface area (Å²) in [6.07, 6.45) is 6.88. The summed E-state index contributed by atoms with van der Waals surface area (Å²) in [5, 5.41) is 4.77. The number of nitrogens with one attached hydrogen (secondary N) is 1. The van der Waals surface area contributed by atoms with Crippen LogP contribution in [0.5, 0.6) is 0 Å². The highest BCUT2D eigenvalue weighted by Gasteiger charge is 2.29. The van der Waals surface area contributed by atoms with Crippen molar-refractivity contribution in [2.24, 2.45) is 5.92 Å². The summed E-state index contributed by atoms with van der Waals surface area (Å²) >= 11 is 5.92. The molecule has 0 radical (unpaired) electrons. The summed E-state index contributed by atoms with van der Waals surface area (Å²) < 4.78 is 13.8. The van der Waals surface area contributed by atoms with Gasteiger partial charge in [0.1, 0.15) is 5.82 Å². The minimum absolute atomic E-state index is 0.0451. The molecule has 4 rings (SSSR count). The molecule has 2 aromatic carbocycles. The van der Waals surface area contributed by atoms with Crippen molar-refractivity contribution in [2.45, 2.75) is 51.0 Å². The van der Waals surface area contributed by atoms with Gasteiger partial charge in [0.25, 0.3) is 5.91 Å². The summed E-state index contributed by atoms with van der Waals surface area (Å²) in [5.41, 5.74) is 2.67. The molecule has 1 fully saturated rings. The molecule has 3 aromatic rings. The number of rotatable bonds is 5. The zero-order chi connectivity index (χ0) is 21.1. The van der Waals surface area contributed by atoms with Crippen LogP contribution in [0.25, 0.3) is 10.9 Å². The first-order valence-corrected chi connectivity index (χ1v) is 11.0. The van der Waals surface area contributed by atoms with Crippen LogP contribution in [0.15, 0.2) is 54.7 Å². The van der Waals surface area contributed by atoms with Gasteiger partial charge < -0.3 is 5.32 Å². The van der Waals surface area contributed by atoms with E-state index in [1.54, 1.807) is 36.4 Å². The van der Waals surface area contributed by atoms with Gasteiger partial charge in [0.05, 0.1) is 5.52 Å². The first-order chi connectivity index (χ1) is 14.5. The standard InChI is InChI=1S/C25H26ClFN2O/c1-2-23(29-25(30)18-7-9-19(26)10-8-18)17-5-3-16(4-6-17)21-13-14-28-24-12-11-20(27)15-22(21)24/h7-17,23H,2-6H2,1H3,(H,29,30). The van der Waals surface area contributed by atoms with Crippen molar-refractivity contribution in [3.8, 4) is 0 Å². The molecule has 1 amide bonds. The van der Waals surface area contributed by atoms with E-state index in [1.807, 2.05) is 12.3 Å². The molecule has 1 unspecified atom stereocenters. The maximum Gasteiger partial charge on any atom is 0.251 e. The van der Waals surface area contributed by atoms with Gasteiger partial charge in [-0.1, -0.05) is 18.5 Å². The molecule has 1 saturated carbocycles. The van der Waals surface area contributed by atoms with E-state index in [4.69, 9.17) is 11.6 Å². The number of nitrogens with zero attached hydrogens (tertiary/aromatic N) is 1. The number of halogens is 2. The van der Waals surface area contributed by atoms with E-state index in [0.717, 1.165) is 43.0 Å². The molecule has 1 atom stereocenters. The zero-order valence-electron chi connectivity index (χ0n) is 17.1. The molecule has 156 valence electrons. The number of hydrogen-bond donors (Lipinski definition) is 1. The van der Waals surface area contributed by atoms with Crippen molar-refractivity contribution in [2.75, 3.05) is 0 Å². The van der Waals surface area contributed by atoms with Gasteiger partial charge in [0.2, 0.25) is 0 Å². The Morgan fingerprint density at radius 2 is 1.87 bits per heavy atom. The van der Waals surface area contributed by atoms with E-state index in [-0.39, 0.29) is 17.8 Å². The van der Waals surface area contributed by atoms with Crippen molar-refractivity contribution < 1.29 is 9.18 Å². The molecule has 0 bridgehead atoms.